The van der Waals surface area contributed by atoms with Crippen LogP contribution in [-0.2, 0) is 6.42 Å². The first-order valence-electron chi connectivity index (χ1n) is 12.1. The summed E-state index contributed by atoms with van der Waals surface area (Å²) >= 11 is 0. The van der Waals surface area contributed by atoms with Crippen LogP contribution in [0.15, 0.2) is 49.1 Å². The van der Waals surface area contributed by atoms with E-state index in [2.05, 4.69) is 33.3 Å². The van der Waals surface area contributed by atoms with Crippen molar-refractivity contribution in [3.05, 3.63) is 66.0 Å². The van der Waals surface area contributed by atoms with E-state index in [4.69, 9.17) is 4.98 Å². The lowest BCUT2D eigenvalue weighted by Gasteiger charge is -2.19. The van der Waals surface area contributed by atoms with Crippen LogP contribution in [0.1, 0.15) is 62.7 Å². The molecule has 0 radical (unpaired) electrons. The smallest absolute Gasteiger partial charge is 0.239 e. The lowest BCUT2D eigenvalue weighted by atomic mass is 9.97. The molecule has 3 heterocycles. The van der Waals surface area contributed by atoms with Gasteiger partial charge in [0, 0.05) is 29.9 Å². The zero-order valence-electron chi connectivity index (χ0n) is 19.8. The number of rotatable bonds is 8. The van der Waals surface area contributed by atoms with E-state index in [1.807, 2.05) is 19.3 Å². The average Bonchev–Trinajstić information content (AvgIpc) is 3.57. The van der Waals surface area contributed by atoms with E-state index in [0.29, 0.717) is 34.6 Å². The van der Waals surface area contributed by atoms with Crippen LogP contribution in [0.2, 0.25) is 0 Å². The van der Waals surface area contributed by atoms with Crippen LogP contribution in [-0.4, -0.2) is 30.8 Å². The maximum absolute atomic E-state index is 14.0. The molecule has 1 saturated carbocycles. The van der Waals surface area contributed by atoms with Crippen molar-refractivity contribution < 1.29 is 13.2 Å². The summed E-state index contributed by atoms with van der Waals surface area (Å²) in [5.74, 6) is 0.799. The molecule has 3 unspecified atom stereocenters. The number of fused-ring (bicyclic) bond motifs is 1. The highest BCUT2D eigenvalue weighted by atomic mass is 19.3. The third kappa shape index (κ3) is 4.90. The van der Waals surface area contributed by atoms with Gasteiger partial charge in [-0.1, -0.05) is 19.4 Å². The number of nitrogens with one attached hydrogen (secondary N) is 1. The van der Waals surface area contributed by atoms with Gasteiger partial charge < -0.3 is 5.32 Å². The van der Waals surface area contributed by atoms with E-state index in [1.165, 1.54) is 25.0 Å². The molecule has 1 fully saturated rings. The van der Waals surface area contributed by atoms with Crippen LogP contribution in [0, 0.1) is 11.7 Å². The number of alkyl halides is 2. The number of hydrogen-bond donors (Lipinski definition) is 1. The summed E-state index contributed by atoms with van der Waals surface area (Å²) < 4.78 is 43.3. The minimum Gasteiger partial charge on any atom is -0.363 e. The van der Waals surface area contributed by atoms with Crippen molar-refractivity contribution in [3.63, 3.8) is 0 Å². The molecule has 0 amide bonds. The number of aryl methyl sites for hydroxylation is 1. The predicted octanol–water partition coefficient (Wildman–Crippen LogP) is 6.46. The second-order valence-electron chi connectivity index (χ2n) is 9.46. The maximum atomic E-state index is 14.0. The topological polar surface area (TPSA) is 60.0 Å². The summed E-state index contributed by atoms with van der Waals surface area (Å²) in [6.07, 6.45) is 8.62. The molecule has 6 nitrogen and oxygen atoms in total. The van der Waals surface area contributed by atoms with E-state index >= 15 is 0 Å². The van der Waals surface area contributed by atoms with Gasteiger partial charge in [0.1, 0.15) is 11.6 Å². The molecule has 3 aromatic heterocycles. The van der Waals surface area contributed by atoms with Gasteiger partial charge in [-0.25, -0.2) is 22.7 Å². The second kappa shape index (κ2) is 9.71. The molecule has 1 aliphatic rings. The highest BCUT2D eigenvalue weighted by Gasteiger charge is 2.26. The van der Waals surface area contributed by atoms with E-state index in [-0.39, 0.29) is 18.9 Å². The number of halogens is 3. The molecule has 184 valence electrons. The Hall–Kier alpha value is -3.36. The van der Waals surface area contributed by atoms with Gasteiger partial charge in [-0.05, 0) is 61.4 Å². The van der Waals surface area contributed by atoms with Gasteiger partial charge in [-0.15, -0.1) is 0 Å². The summed E-state index contributed by atoms with van der Waals surface area (Å²) in [5.41, 5.74) is 3.86. The Labute approximate surface area is 202 Å². The van der Waals surface area contributed by atoms with Gasteiger partial charge >= 0.3 is 0 Å². The van der Waals surface area contributed by atoms with Crippen molar-refractivity contribution in [2.24, 2.45) is 5.92 Å². The van der Waals surface area contributed by atoms with Crippen molar-refractivity contribution in [2.75, 3.05) is 5.32 Å². The zero-order chi connectivity index (χ0) is 24.5. The lowest BCUT2D eigenvalue weighted by molar-refractivity contribution is 0.138. The van der Waals surface area contributed by atoms with E-state index in [9.17, 15) is 13.2 Å². The van der Waals surface area contributed by atoms with Gasteiger partial charge in [-0.3, -0.25) is 4.68 Å². The van der Waals surface area contributed by atoms with Gasteiger partial charge in [0.2, 0.25) is 6.43 Å². The molecular formula is C26H29F3N6. The van der Waals surface area contributed by atoms with Gasteiger partial charge in [0.25, 0.3) is 0 Å². The van der Waals surface area contributed by atoms with Crippen molar-refractivity contribution in [1.29, 1.82) is 0 Å². The monoisotopic (exact) mass is 482 g/mol. The van der Waals surface area contributed by atoms with E-state index in [1.54, 1.807) is 22.8 Å². The lowest BCUT2D eigenvalue weighted by Crippen LogP contribution is -2.12. The van der Waals surface area contributed by atoms with Crippen LogP contribution in [0.25, 0.3) is 16.8 Å². The number of benzene rings is 1. The number of aromatic nitrogens is 5. The summed E-state index contributed by atoms with van der Waals surface area (Å²) in [6, 6.07) is 6.18. The minimum atomic E-state index is -2.40. The van der Waals surface area contributed by atoms with Crippen molar-refractivity contribution in [1.82, 2.24) is 24.4 Å². The molecule has 4 aromatic rings. The Kier molecular flexibility index (Phi) is 6.49. The highest BCUT2D eigenvalue weighted by molar-refractivity contribution is 5.76. The molecule has 0 bridgehead atoms. The molecule has 0 spiro atoms. The molecule has 9 heteroatoms. The Balaban J connectivity index is 1.40. The molecule has 1 aromatic carbocycles. The van der Waals surface area contributed by atoms with Gasteiger partial charge in [0.15, 0.2) is 5.65 Å². The number of nitrogens with zero attached hydrogens (tertiary/aromatic N) is 5. The van der Waals surface area contributed by atoms with Crippen LogP contribution in [0.3, 0.4) is 0 Å². The molecule has 5 rings (SSSR count). The molecule has 1 aliphatic carbocycles. The fraction of sp³-hybridized carbons (Fsp3) is 0.423. The van der Waals surface area contributed by atoms with Crippen LogP contribution < -0.4 is 5.32 Å². The molecule has 0 aliphatic heterocycles. The van der Waals surface area contributed by atoms with E-state index in [0.717, 1.165) is 17.5 Å². The zero-order valence-corrected chi connectivity index (χ0v) is 19.8. The number of hydrogen-bond acceptors (Lipinski definition) is 4. The third-order valence-corrected chi connectivity index (χ3v) is 7.01. The van der Waals surface area contributed by atoms with E-state index < -0.39 is 12.2 Å². The van der Waals surface area contributed by atoms with Crippen LogP contribution >= 0.6 is 0 Å². The molecular weight excluding hydrogens is 453 g/mol. The predicted molar refractivity (Wildman–Crippen MR) is 129 cm³/mol. The quantitative estimate of drug-likeness (QED) is 0.313. The van der Waals surface area contributed by atoms with Gasteiger partial charge in [-0.2, -0.15) is 10.2 Å². The minimum absolute atomic E-state index is 0.183. The Bertz CT molecular complexity index is 1310. The fourth-order valence-corrected chi connectivity index (χ4v) is 5.09. The normalized spacial score (nSPS) is 19.0. The third-order valence-electron chi connectivity index (χ3n) is 7.01. The Morgan fingerprint density at radius 1 is 1.14 bits per heavy atom. The molecule has 0 saturated heterocycles. The highest BCUT2D eigenvalue weighted by Crippen LogP contribution is 2.36. The van der Waals surface area contributed by atoms with Gasteiger partial charge in [0.05, 0.1) is 24.5 Å². The SMILES string of the molecule is CC(Nc1ccn2ncc(-c3cnn(C4CCCC4C)c3)c2n1)c1cc(F)ccc1CCC(F)F. The standard InChI is InChI=1S/C26H29F3N6/c1-16-4-3-5-23(16)35-15-19(13-30-35)22-14-31-34-11-10-25(33-26(22)34)32-17(2)21-12-20(27)8-6-18(21)7-9-24(28)29/h6,8,10-17,23-24H,3-5,7,9H2,1-2H3,(H,32,33). The fourth-order valence-electron chi connectivity index (χ4n) is 5.09. The van der Waals surface area contributed by atoms with Crippen LogP contribution in [0.4, 0.5) is 19.0 Å². The summed E-state index contributed by atoms with van der Waals surface area (Å²) in [5, 5.41) is 12.4. The first-order valence-corrected chi connectivity index (χ1v) is 12.1. The summed E-state index contributed by atoms with van der Waals surface area (Å²) in [6.45, 7) is 4.14. The first kappa shape index (κ1) is 23.4. The van der Waals surface area contributed by atoms with Crippen molar-refractivity contribution in [2.45, 2.75) is 64.5 Å². The van der Waals surface area contributed by atoms with Crippen molar-refractivity contribution in [3.8, 4) is 11.1 Å². The Morgan fingerprint density at radius 2 is 2.00 bits per heavy atom. The molecule has 35 heavy (non-hydrogen) atoms. The number of anilines is 1. The second-order valence-corrected chi connectivity index (χ2v) is 9.46. The summed E-state index contributed by atoms with van der Waals surface area (Å²) in [4.78, 5) is 4.76. The Morgan fingerprint density at radius 3 is 2.77 bits per heavy atom. The molecule has 1 N–H and O–H groups in total. The maximum Gasteiger partial charge on any atom is 0.239 e. The summed E-state index contributed by atoms with van der Waals surface area (Å²) in [7, 11) is 0. The van der Waals surface area contributed by atoms with Crippen molar-refractivity contribution >= 4 is 11.5 Å². The first-order chi connectivity index (χ1) is 16.9. The average molecular weight is 483 g/mol. The van der Waals surface area contributed by atoms with Crippen LogP contribution in [0.5, 0.6) is 0 Å². The largest absolute Gasteiger partial charge is 0.363 e. The molecule has 3 atom stereocenters.